The highest BCUT2D eigenvalue weighted by Gasteiger charge is 2.35. The fourth-order valence-corrected chi connectivity index (χ4v) is 3.48. The van der Waals surface area contributed by atoms with Gasteiger partial charge in [0.25, 0.3) is 5.91 Å². The number of rotatable bonds is 5. The van der Waals surface area contributed by atoms with Crippen molar-refractivity contribution in [3.05, 3.63) is 48.0 Å². The topological polar surface area (TPSA) is 97.0 Å². The Balaban J connectivity index is 1.38. The number of benzene rings is 2. The van der Waals surface area contributed by atoms with Gasteiger partial charge in [-0.1, -0.05) is 0 Å². The van der Waals surface area contributed by atoms with Crippen LogP contribution in [0.25, 0.3) is 0 Å². The second-order valence-corrected chi connectivity index (χ2v) is 7.64. The molecule has 30 heavy (non-hydrogen) atoms. The molecule has 8 heteroatoms. The van der Waals surface area contributed by atoms with Crippen molar-refractivity contribution in [1.29, 1.82) is 0 Å². The lowest BCUT2D eigenvalue weighted by Gasteiger charge is -2.17. The SMILES string of the molecule is CC(C)NC(=O)c1ccc(NC(=O)C2CC(=O)N(c3ccc4c(c3)OCO4)C2)cc1. The van der Waals surface area contributed by atoms with Crippen molar-refractivity contribution in [2.75, 3.05) is 23.6 Å². The van der Waals surface area contributed by atoms with Crippen molar-refractivity contribution in [1.82, 2.24) is 5.32 Å². The van der Waals surface area contributed by atoms with Gasteiger partial charge in [-0.2, -0.15) is 0 Å². The number of nitrogens with one attached hydrogen (secondary N) is 2. The third kappa shape index (κ3) is 4.07. The zero-order valence-electron chi connectivity index (χ0n) is 16.8. The Labute approximate surface area is 174 Å². The summed E-state index contributed by atoms with van der Waals surface area (Å²) in [5.41, 5.74) is 1.78. The van der Waals surface area contributed by atoms with Crippen LogP contribution < -0.4 is 25.0 Å². The second kappa shape index (κ2) is 8.06. The first-order chi connectivity index (χ1) is 14.4. The molecule has 156 valence electrons. The summed E-state index contributed by atoms with van der Waals surface area (Å²) in [7, 11) is 0. The Hall–Kier alpha value is -3.55. The van der Waals surface area contributed by atoms with Crippen LogP contribution in [0, 0.1) is 5.92 Å². The molecule has 0 radical (unpaired) electrons. The normalized spacial score (nSPS) is 17.4. The van der Waals surface area contributed by atoms with Gasteiger partial charge in [-0.3, -0.25) is 14.4 Å². The monoisotopic (exact) mass is 409 g/mol. The molecule has 1 fully saturated rings. The molecule has 0 aliphatic carbocycles. The van der Waals surface area contributed by atoms with Crippen LogP contribution in [0.15, 0.2) is 42.5 Å². The van der Waals surface area contributed by atoms with E-state index in [1.54, 1.807) is 47.4 Å². The third-order valence-corrected chi connectivity index (χ3v) is 5.00. The van der Waals surface area contributed by atoms with Gasteiger partial charge < -0.3 is 25.0 Å². The highest BCUT2D eigenvalue weighted by molar-refractivity contribution is 6.04. The number of carbonyl (C=O) groups excluding carboxylic acids is 3. The Morgan fingerprint density at radius 3 is 2.53 bits per heavy atom. The van der Waals surface area contributed by atoms with E-state index in [2.05, 4.69) is 10.6 Å². The minimum Gasteiger partial charge on any atom is -0.454 e. The highest BCUT2D eigenvalue weighted by atomic mass is 16.7. The number of amides is 3. The zero-order valence-corrected chi connectivity index (χ0v) is 16.8. The molecule has 2 aromatic rings. The van der Waals surface area contributed by atoms with Gasteiger partial charge in [-0.25, -0.2) is 0 Å². The molecule has 2 aromatic carbocycles. The van der Waals surface area contributed by atoms with Crippen LogP contribution in [0.2, 0.25) is 0 Å². The van der Waals surface area contributed by atoms with E-state index in [4.69, 9.17) is 9.47 Å². The van der Waals surface area contributed by atoms with Crippen LogP contribution in [-0.4, -0.2) is 37.1 Å². The van der Waals surface area contributed by atoms with E-state index in [1.807, 2.05) is 13.8 Å². The number of hydrogen-bond donors (Lipinski definition) is 2. The van der Waals surface area contributed by atoms with E-state index in [0.29, 0.717) is 35.0 Å². The third-order valence-electron chi connectivity index (χ3n) is 5.00. The van der Waals surface area contributed by atoms with Gasteiger partial charge >= 0.3 is 0 Å². The smallest absolute Gasteiger partial charge is 0.251 e. The van der Waals surface area contributed by atoms with Crippen molar-refractivity contribution in [2.24, 2.45) is 5.92 Å². The van der Waals surface area contributed by atoms with Gasteiger partial charge in [-0.05, 0) is 50.2 Å². The van der Waals surface area contributed by atoms with Crippen LogP contribution in [0.3, 0.4) is 0 Å². The summed E-state index contributed by atoms with van der Waals surface area (Å²) in [6, 6.07) is 12.0. The second-order valence-electron chi connectivity index (χ2n) is 7.64. The average Bonchev–Trinajstić information content (AvgIpc) is 3.33. The maximum atomic E-state index is 12.7. The van der Waals surface area contributed by atoms with E-state index in [-0.39, 0.29) is 37.0 Å². The Bertz CT molecular complexity index is 987. The van der Waals surface area contributed by atoms with Gasteiger partial charge in [0.2, 0.25) is 18.6 Å². The number of anilines is 2. The molecule has 0 bridgehead atoms. The number of fused-ring (bicyclic) bond motifs is 1. The predicted molar refractivity (Wildman–Crippen MR) is 111 cm³/mol. The van der Waals surface area contributed by atoms with Crippen LogP contribution in [0.4, 0.5) is 11.4 Å². The van der Waals surface area contributed by atoms with Gasteiger partial charge in [0.15, 0.2) is 11.5 Å². The van der Waals surface area contributed by atoms with E-state index < -0.39 is 5.92 Å². The van der Waals surface area contributed by atoms with Gasteiger partial charge in [-0.15, -0.1) is 0 Å². The van der Waals surface area contributed by atoms with Crippen molar-refractivity contribution in [3.8, 4) is 11.5 Å². The minimum atomic E-state index is -0.466. The quantitative estimate of drug-likeness (QED) is 0.791. The summed E-state index contributed by atoms with van der Waals surface area (Å²) in [6.07, 6.45) is 0.134. The molecule has 3 amide bonds. The first-order valence-corrected chi connectivity index (χ1v) is 9.82. The van der Waals surface area contributed by atoms with Gasteiger partial charge in [0, 0.05) is 42.0 Å². The van der Waals surface area contributed by atoms with Gasteiger partial charge in [0.05, 0.1) is 5.92 Å². The van der Waals surface area contributed by atoms with E-state index in [1.165, 1.54) is 0 Å². The lowest BCUT2D eigenvalue weighted by Crippen LogP contribution is -2.30. The average molecular weight is 409 g/mol. The predicted octanol–water partition coefficient (Wildman–Crippen LogP) is 2.55. The lowest BCUT2D eigenvalue weighted by molar-refractivity contribution is -0.122. The molecule has 4 rings (SSSR count). The van der Waals surface area contributed by atoms with Crippen LogP contribution in [0.5, 0.6) is 11.5 Å². The van der Waals surface area contributed by atoms with Crippen molar-refractivity contribution in [2.45, 2.75) is 26.3 Å². The minimum absolute atomic E-state index is 0.0458. The Morgan fingerprint density at radius 2 is 1.80 bits per heavy atom. The largest absolute Gasteiger partial charge is 0.454 e. The highest BCUT2D eigenvalue weighted by Crippen LogP contribution is 2.37. The summed E-state index contributed by atoms with van der Waals surface area (Å²) in [4.78, 5) is 38.8. The molecule has 2 N–H and O–H groups in total. The number of ether oxygens (including phenoxy) is 2. The maximum absolute atomic E-state index is 12.7. The molecule has 1 atom stereocenters. The first-order valence-electron chi connectivity index (χ1n) is 9.82. The van der Waals surface area contributed by atoms with Crippen molar-refractivity contribution in [3.63, 3.8) is 0 Å². The number of carbonyl (C=O) groups is 3. The molecule has 1 unspecified atom stereocenters. The Kier molecular flexibility index (Phi) is 5.31. The van der Waals surface area contributed by atoms with E-state index in [9.17, 15) is 14.4 Å². The summed E-state index contributed by atoms with van der Waals surface area (Å²) < 4.78 is 10.7. The Morgan fingerprint density at radius 1 is 1.07 bits per heavy atom. The van der Waals surface area contributed by atoms with Crippen LogP contribution in [0.1, 0.15) is 30.6 Å². The molecule has 0 aromatic heterocycles. The molecule has 2 aliphatic rings. The first kappa shape index (κ1) is 19.8. The summed E-state index contributed by atoms with van der Waals surface area (Å²) >= 11 is 0. The van der Waals surface area contributed by atoms with Crippen LogP contribution >= 0.6 is 0 Å². The van der Waals surface area contributed by atoms with E-state index >= 15 is 0 Å². The van der Waals surface area contributed by atoms with E-state index in [0.717, 1.165) is 0 Å². The number of hydrogen-bond acceptors (Lipinski definition) is 5. The maximum Gasteiger partial charge on any atom is 0.251 e. The summed E-state index contributed by atoms with van der Waals surface area (Å²) in [5, 5.41) is 5.65. The molecule has 1 saturated heterocycles. The fraction of sp³-hybridized carbons (Fsp3) is 0.318. The summed E-state index contributed by atoms with van der Waals surface area (Å²) in [6.45, 7) is 4.24. The molecular weight excluding hydrogens is 386 g/mol. The molecular formula is C22H23N3O5. The van der Waals surface area contributed by atoms with Crippen molar-refractivity contribution < 1.29 is 23.9 Å². The standard InChI is InChI=1S/C22H23N3O5/c1-13(2)23-21(27)14-3-5-16(6-4-14)24-22(28)15-9-20(26)25(11-15)17-7-8-18-19(10-17)30-12-29-18/h3-8,10,13,15H,9,11-12H2,1-2H3,(H,23,27)(H,24,28). The van der Waals surface area contributed by atoms with Gasteiger partial charge in [0.1, 0.15) is 0 Å². The zero-order chi connectivity index (χ0) is 21.3. The molecule has 8 nitrogen and oxygen atoms in total. The molecule has 0 spiro atoms. The number of nitrogens with zero attached hydrogens (tertiary/aromatic N) is 1. The molecule has 2 aliphatic heterocycles. The lowest BCUT2D eigenvalue weighted by atomic mass is 10.1. The van der Waals surface area contributed by atoms with Crippen molar-refractivity contribution >= 4 is 29.1 Å². The van der Waals surface area contributed by atoms with Crippen LogP contribution in [-0.2, 0) is 9.59 Å². The molecule has 2 heterocycles. The summed E-state index contributed by atoms with van der Waals surface area (Å²) in [5.74, 6) is 0.260. The molecule has 0 saturated carbocycles. The fourth-order valence-electron chi connectivity index (χ4n) is 3.48.